The van der Waals surface area contributed by atoms with Crippen molar-refractivity contribution < 1.29 is 9.21 Å². The minimum atomic E-state index is -0.0626. The first-order valence-electron chi connectivity index (χ1n) is 9.38. The Morgan fingerprint density at radius 2 is 1.96 bits per heavy atom. The Kier molecular flexibility index (Phi) is 5.23. The van der Waals surface area contributed by atoms with Gasteiger partial charge >= 0.3 is 0 Å². The van der Waals surface area contributed by atoms with E-state index < -0.39 is 0 Å². The van der Waals surface area contributed by atoms with Crippen LogP contribution in [0.15, 0.2) is 59.5 Å². The van der Waals surface area contributed by atoms with Gasteiger partial charge in [0.05, 0.1) is 12.8 Å². The number of carbonyl (C=O) groups excluding carboxylic acids is 1. The molecule has 3 heterocycles. The van der Waals surface area contributed by atoms with E-state index in [0.717, 1.165) is 18.8 Å². The Balaban J connectivity index is 1.36. The maximum Gasteiger partial charge on any atom is 0.272 e. The van der Waals surface area contributed by atoms with Crippen molar-refractivity contribution in [3.05, 3.63) is 72.1 Å². The van der Waals surface area contributed by atoms with E-state index in [2.05, 4.69) is 51.4 Å². The summed E-state index contributed by atoms with van der Waals surface area (Å²) in [6.07, 6.45) is 3.04. The van der Waals surface area contributed by atoms with Crippen molar-refractivity contribution in [2.24, 2.45) is 0 Å². The highest BCUT2D eigenvalue weighted by molar-refractivity contribution is 5.93. The molecule has 1 fully saturated rings. The molecule has 0 atom stereocenters. The van der Waals surface area contributed by atoms with E-state index in [1.54, 1.807) is 12.3 Å². The van der Waals surface area contributed by atoms with E-state index in [4.69, 9.17) is 4.42 Å². The van der Waals surface area contributed by atoms with Crippen LogP contribution in [0.5, 0.6) is 0 Å². The molecule has 7 heteroatoms. The zero-order valence-electron chi connectivity index (χ0n) is 15.8. The number of piperazine rings is 1. The average molecular weight is 377 g/mol. The summed E-state index contributed by atoms with van der Waals surface area (Å²) >= 11 is 0. The molecule has 1 aromatic carbocycles. The lowest BCUT2D eigenvalue weighted by Gasteiger charge is -2.36. The Bertz CT molecular complexity index is 933. The molecule has 28 heavy (non-hydrogen) atoms. The number of aromatic nitrogens is 2. The number of hydrogen-bond donors (Lipinski definition) is 1. The molecule has 0 saturated carbocycles. The minimum absolute atomic E-state index is 0.0626. The number of nitrogens with one attached hydrogen (secondary N) is 1. The third kappa shape index (κ3) is 4.14. The summed E-state index contributed by atoms with van der Waals surface area (Å²) in [5, 5.41) is 3.16. The van der Waals surface area contributed by atoms with Crippen molar-refractivity contribution in [1.82, 2.24) is 14.9 Å². The highest BCUT2D eigenvalue weighted by Crippen LogP contribution is 2.19. The number of carbonyl (C=O) groups is 1. The largest absolute Gasteiger partial charge is 0.467 e. The van der Waals surface area contributed by atoms with Crippen molar-refractivity contribution in [2.45, 2.75) is 13.5 Å². The SMILES string of the molecule is Cc1cccc(N2CCN(C(=O)c3cc(NCc4ccco4)ncn3)CC2)c1. The van der Waals surface area contributed by atoms with Crippen LogP contribution in [0.4, 0.5) is 11.5 Å². The van der Waals surface area contributed by atoms with Crippen LogP contribution in [0.1, 0.15) is 21.8 Å². The summed E-state index contributed by atoms with van der Waals surface area (Å²) < 4.78 is 5.30. The van der Waals surface area contributed by atoms with Crippen molar-refractivity contribution in [3.63, 3.8) is 0 Å². The van der Waals surface area contributed by atoms with Gasteiger partial charge in [0, 0.05) is 37.9 Å². The Hall–Kier alpha value is -3.35. The lowest BCUT2D eigenvalue weighted by atomic mass is 10.2. The number of furan rings is 1. The molecule has 0 unspecified atom stereocenters. The lowest BCUT2D eigenvalue weighted by Crippen LogP contribution is -2.49. The molecule has 0 bridgehead atoms. The van der Waals surface area contributed by atoms with Crippen LogP contribution in [0, 0.1) is 6.92 Å². The summed E-state index contributed by atoms with van der Waals surface area (Å²) in [4.78, 5) is 25.4. The van der Waals surface area contributed by atoms with Gasteiger partial charge in [-0.2, -0.15) is 0 Å². The van der Waals surface area contributed by atoms with Gasteiger partial charge in [-0.05, 0) is 36.8 Å². The van der Waals surface area contributed by atoms with Gasteiger partial charge in [0.15, 0.2) is 0 Å². The predicted octanol–water partition coefficient (Wildman–Crippen LogP) is 2.95. The summed E-state index contributed by atoms with van der Waals surface area (Å²) in [6, 6.07) is 13.9. The molecule has 0 radical (unpaired) electrons. The monoisotopic (exact) mass is 377 g/mol. The predicted molar refractivity (Wildman–Crippen MR) is 107 cm³/mol. The average Bonchev–Trinajstić information content (AvgIpc) is 3.26. The molecule has 144 valence electrons. The van der Waals surface area contributed by atoms with Gasteiger partial charge in [-0.15, -0.1) is 0 Å². The second kappa shape index (κ2) is 8.12. The van der Waals surface area contributed by atoms with Gasteiger partial charge in [-0.25, -0.2) is 9.97 Å². The van der Waals surface area contributed by atoms with Gasteiger partial charge in [0.1, 0.15) is 23.6 Å². The molecule has 4 rings (SSSR count). The first-order valence-corrected chi connectivity index (χ1v) is 9.38. The lowest BCUT2D eigenvalue weighted by molar-refractivity contribution is 0.0740. The van der Waals surface area contributed by atoms with E-state index in [1.165, 1.54) is 17.6 Å². The maximum absolute atomic E-state index is 12.9. The van der Waals surface area contributed by atoms with Crippen molar-refractivity contribution in [3.8, 4) is 0 Å². The van der Waals surface area contributed by atoms with Crippen molar-refractivity contribution in [2.75, 3.05) is 36.4 Å². The van der Waals surface area contributed by atoms with E-state index >= 15 is 0 Å². The van der Waals surface area contributed by atoms with Crippen molar-refractivity contribution >= 4 is 17.4 Å². The number of aryl methyl sites for hydroxylation is 1. The van der Waals surface area contributed by atoms with Crippen LogP contribution < -0.4 is 10.2 Å². The molecule has 3 aromatic rings. The van der Waals surface area contributed by atoms with Crippen LogP contribution in [0.25, 0.3) is 0 Å². The quantitative estimate of drug-likeness (QED) is 0.737. The molecule has 7 nitrogen and oxygen atoms in total. The molecule has 0 aliphatic carbocycles. The third-order valence-corrected chi connectivity index (χ3v) is 4.84. The van der Waals surface area contributed by atoms with Gasteiger partial charge in [-0.1, -0.05) is 12.1 Å². The van der Waals surface area contributed by atoms with Crippen LogP contribution in [0.3, 0.4) is 0 Å². The number of benzene rings is 1. The van der Waals surface area contributed by atoms with E-state index in [9.17, 15) is 4.79 Å². The summed E-state index contributed by atoms with van der Waals surface area (Å²) in [7, 11) is 0. The van der Waals surface area contributed by atoms with E-state index in [1.807, 2.05) is 17.0 Å². The number of rotatable bonds is 5. The zero-order chi connectivity index (χ0) is 19.3. The first-order chi connectivity index (χ1) is 13.7. The van der Waals surface area contributed by atoms with E-state index in [-0.39, 0.29) is 5.91 Å². The van der Waals surface area contributed by atoms with Crippen molar-refractivity contribution in [1.29, 1.82) is 0 Å². The first kappa shape index (κ1) is 18.0. The number of anilines is 2. The second-order valence-corrected chi connectivity index (χ2v) is 6.84. The smallest absolute Gasteiger partial charge is 0.272 e. The number of amides is 1. The normalized spacial score (nSPS) is 14.2. The second-order valence-electron chi connectivity index (χ2n) is 6.84. The fourth-order valence-electron chi connectivity index (χ4n) is 3.32. The standard InChI is InChI=1S/C21H23N5O2/c1-16-4-2-5-17(12-16)25-7-9-26(10-8-25)21(27)19-13-20(24-15-23-19)22-14-18-6-3-11-28-18/h2-6,11-13,15H,7-10,14H2,1H3,(H,22,23,24). The highest BCUT2D eigenvalue weighted by Gasteiger charge is 2.23. The Morgan fingerprint density at radius 1 is 1.11 bits per heavy atom. The topological polar surface area (TPSA) is 74.5 Å². The van der Waals surface area contributed by atoms with Crippen LogP contribution in [0.2, 0.25) is 0 Å². The molecule has 1 aliphatic rings. The molecule has 1 N–H and O–H groups in total. The molecule has 1 saturated heterocycles. The zero-order valence-corrected chi connectivity index (χ0v) is 15.8. The molecule has 2 aromatic heterocycles. The molecular formula is C21H23N5O2. The van der Waals surface area contributed by atoms with Crippen LogP contribution in [-0.2, 0) is 6.54 Å². The Labute approximate surface area is 164 Å². The summed E-state index contributed by atoms with van der Waals surface area (Å²) in [5.74, 6) is 1.35. The molecule has 0 spiro atoms. The van der Waals surface area contributed by atoms with Crippen LogP contribution >= 0.6 is 0 Å². The van der Waals surface area contributed by atoms with Gasteiger partial charge in [0.25, 0.3) is 5.91 Å². The summed E-state index contributed by atoms with van der Waals surface area (Å²) in [5.41, 5.74) is 2.85. The fraction of sp³-hybridized carbons (Fsp3) is 0.286. The number of nitrogens with zero attached hydrogens (tertiary/aromatic N) is 4. The molecule has 1 aliphatic heterocycles. The van der Waals surface area contributed by atoms with E-state index in [0.29, 0.717) is 31.1 Å². The third-order valence-electron chi connectivity index (χ3n) is 4.84. The van der Waals surface area contributed by atoms with Gasteiger partial charge in [0.2, 0.25) is 0 Å². The maximum atomic E-state index is 12.9. The number of hydrogen-bond acceptors (Lipinski definition) is 6. The van der Waals surface area contributed by atoms with Gasteiger partial charge in [-0.3, -0.25) is 4.79 Å². The molecule has 1 amide bonds. The van der Waals surface area contributed by atoms with Crippen LogP contribution in [-0.4, -0.2) is 47.0 Å². The van der Waals surface area contributed by atoms with Gasteiger partial charge < -0.3 is 19.5 Å². The fourth-order valence-corrected chi connectivity index (χ4v) is 3.32. The minimum Gasteiger partial charge on any atom is -0.467 e. The molecular weight excluding hydrogens is 354 g/mol. The highest BCUT2D eigenvalue weighted by atomic mass is 16.3. The summed E-state index contributed by atoms with van der Waals surface area (Å²) in [6.45, 7) is 5.56. The Morgan fingerprint density at radius 3 is 2.71 bits per heavy atom.